The zero-order valence-corrected chi connectivity index (χ0v) is 39.6. The Kier molecular flexibility index (Phi) is 38.7. The van der Waals surface area contributed by atoms with Crippen molar-refractivity contribution in [2.75, 3.05) is 0 Å². The Morgan fingerprint density at radius 3 is 0.941 bits per heavy atom. The molecule has 0 saturated carbocycles. The van der Waals surface area contributed by atoms with Gasteiger partial charge in [-0.25, -0.2) is 0 Å². The van der Waals surface area contributed by atoms with Crippen molar-refractivity contribution in [3.63, 3.8) is 0 Å². The van der Waals surface area contributed by atoms with Crippen LogP contribution in [-0.2, 0) is 0 Å². The van der Waals surface area contributed by atoms with Gasteiger partial charge in [-0.1, -0.05) is 265 Å². The van der Waals surface area contributed by atoms with Crippen LogP contribution in [0.25, 0.3) is 0 Å². The van der Waals surface area contributed by atoms with Crippen LogP contribution in [0.3, 0.4) is 0 Å². The quantitative estimate of drug-likeness (QED) is 0.0675. The molecule has 0 aromatic rings. The molecule has 0 heteroatoms. The summed E-state index contributed by atoms with van der Waals surface area (Å²) < 4.78 is 0. The molecule has 0 aliphatic carbocycles. The van der Waals surface area contributed by atoms with Gasteiger partial charge < -0.3 is 0 Å². The van der Waals surface area contributed by atoms with Crippen molar-refractivity contribution in [1.29, 1.82) is 0 Å². The molecule has 0 fully saturated rings. The van der Waals surface area contributed by atoms with Crippen LogP contribution in [0.4, 0.5) is 0 Å². The molecule has 1 atom stereocenters. The molecule has 0 rings (SSSR count). The van der Waals surface area contributed by atoms with Gasteiger partial charge >= 0.3 is 0 Å². The van der Waals surface area contributed by atoms with Gasteiger partial charge in [0.25, 0.3) is 0 Å². The fraction of sp³-hybridized carbons (Fsp3) is 1.00. The van der Waals surface area contributed by atoms with Gasteiger partial charge in [-0.15, -0.1) is 0 Å². The molecule has 0 amide bonds. The third kappa shape index (κ3) is 52.2. The summed E-state index contributed by atoms with van der Waals surface area (Å²) in [5.41, 5.74) is 1.54. The van der Waals surface area contributed by atoms with Gasteiger partial charge in [-0.2, -0.15) is 0 Å². The van der Waals surface area contributed by atoms with E-state index in [2.05, 4.69) is 111 Å². The highest BCUT2D eigenvalue weighted by Gasteiger charge is 2.23. The maximum Gasteiger partial charge on any atom is -0.0354 e. The summed E-state index contributed by atoms with van der Waals surface area (Å²) in [5.74, 6) is 3.58. The average Bonchev–Trinajstić information content (AvgIpc) is 2.99. The van der Waals surface area contributed by atoms with E-state index >= 15 is 0 Å². The predicted molar refractivity (Wildman–Crippen MR) is 241 cm³/mol. The molecular formula is C51H108. The van der Waals surface area contributed by atoms with Gasteiger partial charge in [0, 0.05) is 0 Å². The Bertz CT molecular complexity index is 623. The molecule has 0 saturated heterocycles. The first-order valence-corrected chi connectivity index (χ1v) is 23.7. The van der Waals surface area contributed by atoms with Crippen molar-refractivity contribution in [3.05, 3.63) is 0 Å². The van der Waals surface area contributed by atoms with E-state index in [4.69, 9.17) is 0 Å². The molecule has 51 heavy (non-hydrogen) atoms. The molecule has 0 aromatic heterocycles. The first-order valence-electron chi connectivity index (χ1n) is 23.7. The zero-order chi connectivity index (χ0) is 39.6. The summed E-state index contributed by atoms with van der Waals surface area (Å²) in [6, 6.07) is 0. The highest BCUT2D eigenvalue weighted by Crippen LogP contribution is 2.35. The lowest BCUT2D eigenvalue weighted by molar-refractivity contribution is 0.201. The first kappa shape index (κ1) is 55.3. The summed E-state index contributed by atoms with van der Waals surface area (Å²) in [5, 5.41) is 0. The minimum Gasteiger partial charge on any atom is -0.0654 e. The van der Waals surface area contributed by atoms with Crippen molar-refractivity contribution in [2.45, 2.75) is 291 Å². The van der Waals surface area contributed by atoms with Gasteiger partial charge in [0.15, 0.2) is 0 Å². The lowest BCUT2D eigenvalue weighted by atomic mass is 9.75. The minimum absolute atomic E-state index is 0.499. The zero-order valence-electron chi connectivity index (χ0n) is 39.6. The van der Waals surface area contributed by atoms with E-state index < -0.39 is 0 Å². The van der Waals surface area contributed by atoms with E-state index in [9.17, 15) is 0 Å². The number of rotatable bonds is 29. The summed E-state index contributed by atoms with van der Waals surface area (Å²) in [7, 11) is 0. The average molecular weight is 721 g/mol. The van der Waals surface area contributed by atoms with Crippen LogP contribution in [0.2, 0.25) is 0 Å². The van der Waals surface area contributed by atoms with E-state index in [1.54, 1.807) is 0 Å². The van der Waals surface area contributed by atoms with Crippen LogP contribution in [0.15, 0.2) is 0 Å². The van der Waals surface area contributed by atoms with Crippen LogP contribution in [-0.4, -0.2) is 0 Å². The summed E-state index contributed by atoms with van der Waals surface area (Å²) in [4.78, 5) is 0. The molecule has 0 N–H and O–H groups in total. The highest BCUT2D eigenvalue weighted by molar-refractivity contribution is 4.74. The fourth-order valence-electron chi connectivity index (χ4n) is 7.69. The van der Waals surface area contributed by atoms with Crippen LogP contribution in [0.1, 0.15) is 291 Å². The van der Waals surface area contributed by atoms with Crippen LogP contribution in [0.5, 0.6) is 0 Å². The van der Waals surface area contributed by atoms with E-state index in [1.807, 2.05) is 0 Å². The SMILES string of the molecule is CC(C)CC(C)(C)C.CC(C)CCCC(C)CCC(C)(C)C.CCCCCCCCCCCCC(CCCCCCCCCCCC)C(C)(C)C. The normalized spacial score (nSPS) is 13.0. The fourth-order valence-corrected chi connectivity index (χ4v) is 7.69. The minimum atomic E-state index is 0.499. The Hall–Kier alpha value is 0. The molecule has 1 unspecified atom stereocenters. The second kappa shape index (κ2) is 35.7. The lowest BCUT2D eigenvalue weighted by Gasteiger charge is -2.31. The van der Waals surface area contributed by atoms with E-state index in [1.165, 1.54) is 180 Å². The van der Waals surface area contributed by atoms with E-state index in [-0.39, 0.29) is 0 Å². The lowest BCUT2D eigenvalue weighted by Crippen LogP contribution is -2.20. The highest BCUT2D eigenvalue weighted by atomic mass is 14.3. The first-order chi connectivity index (χ1) is 23.7. The van der Waals surface area contributed by atoms with Gasteiger partial charge in [-0.05, 0) is 65.6 Å². The van der Waals surface area contributed by atoms with Crippen molar-refractivity contribution in [2.24, 2.45) is 39.9 Å². The Morgan fingerprint density at radius 1 is 0.333 bits per heavy atom. The van der Waals surface area contributed by atoms with Crippen molar-refractivity contribution >= 4 is 0 Å². The molecule has 0 aromatic carbocycles. The number of hydrogen-bond acceptors (Lipinski definition) is 0. The van der Waals surface area contributed by atoms with Gasteiger partial charge in [0.2, 0.25) is 0 Å². The molecule has 0 bridgehead atoms. The molecule has 0 spiro atoms. The Morgan fingerprint density at radius 2 is 0.686 bits per heavy atom. The third-order valence-electron chi connectivity index (χ3n) is 10.9. The Labute approximate surface area is 329 Å². The van der Waals surface area contributed by atoms with Gasteiger partial charge in [0.1, 0.15) is 0 Å². The van der Waals surface area contributed by atoms with E-state index in [0.717, 1.165) is 23.7 Å². The molecular weight excluding hydrogens is 613 g/mol. The van der Waals surface area contributed by atoms with Crippen LogP contribution >= 0.6 is 0 Å². The van der Waals surface area contributed by atoms with Crippen LogP contribution < -0.4 is 0 Å². The molecule has 0 aliphatic rings. The second-order valence-electron chi connectivity index (χ2n) is 21.7. The monoisotopic (exact) mass is 721 g/mol. The number of hydrogen-bond donors (Lipinski definition) is 0. The number of unbranched alkanes of at least 4 members (excludes halogenated alkanes) is 18. The van der Waals surface area contributed by atoms with Gasteiger partial charge in [-0.3, -0.25) is 0 Å². The van der Waals surface area contributed by atoms with Crippen molar-refractivity contribution in [1.82, 2.24) is 0 Å². The molecule has 312 valence electrons. The molecule has 0 aliphatic heterocycles. The summed E-state index contributed by atoms with van der Waals surface area (Å²) in [6.07, 6.45) is 40.5. The Balaban J connectivity index is -0.000000858. The second-order valence-corrected chi connectivity index (χ2v) is 21.7. The third-order valence-corrected chi connectivity index (χ3v) is 10.9. The molecule has 0 radical (unpaired) electrons. The summed E-state index contributed by atoms with van der Waals surface area (Å²) in [6.45, 7) is 37.5. The largest absolute Gasteiger partial charge is 0.0654 e. The van der Waals surface area contributed by atoms with Crippen molar-refractivity contribution in [3.8, 4) is 0 Å². The van der Waals surface area contributed by atoms with Crippen LogP contribution in [0, 0.1) is 39.9 Å². The van der Waals surface area contributed by atoms with Gasteiger partial charge in [0.05, 0.1) is 0 Å². The topological polar surface area (TPSA) is 0 Å². The maximum atomic E-state index is 2.48. The smallest absolute Gasteiger partial charge is 0.0354 e. The van der Waals surface area contributed by atoms with Crippen molar-refractivity contribution < 1.29 is 0 Å². The standard InChI is InChI=1S/C29H60.C14H30.C8H18/c1-6-8-10-12-14-16-18-20-22-24-26-28(29(3,4)5)27-25-23-21-19-17-15-13-11-9-7-2;1-12(2)8-7-9-13(3)10-11-14(4,5)6;1-7(2)6-8(3,4)5/h28H,6-27H2,1-5H3;12-13H,7-11H2,1-6H3;7H,6H2,1-5H3. The summed E-state index contributed by atoms with van der Waals surface area (Å²) >= 11 is 0. The van der Waals surface area contributed by atoms with E-state index in [0.29, 0.717) is 16.2 Å². The molecule has 0 nitrogen and oxygen atoms in total. The molecule has 0 heterocycles. The maximum absolute atomic E-state index is 2.48. The predicted octanol–water partition coefficient (Wildman–Crippen LogP) is 19.6.